The third-order valence-corrected chi connectivity index (χ3v) is 9.06. The average molecular weight is 632 g/mol. The molecule has 2 N–H and O–H groups in total. The highest BCUT2D eigenvalue weighted by Gasteiger charge is 2.31. The molecule has 4 heterocycles. The van der Waals surface area contributed by atoms with Crippen LogP contribution in [0.25, 0.3) is 0 Å². The summed E-state index contributed by atoms with van der Waals surface area (Å²) in [6.07, 6.45) is 6.83. The van der Waals surface area contributed by atoms with Gasteiger partial charge in [-0.1, -0.05) is 29.8 Å². The molecule has 242 valence electrons. The summed E-state index contributed by atoms with van der Waals surface area (Å²) in [5.74, 6) is 0.0791. The molecule has 12 nitrogen and oxygen atoms in total. The molecular formula is C31H45N5O7S. The Morgan fingerprint density at radius 1 is 1.05 bits per heavy atom. The van der Waals surface area contributed by atoms with Crippen molar-refractivity contribution in [3.05, 3.63) is 46.6 Å². The van der Waals surface area contributed by atoms with Crippen LogP contribution in [0.4, 0.5) is 5.82 Å². The van der Waals surface area contributed by atoms with E-state index in [0.29, 0.717) is 43.7 Å². The van der Waals surface area contributed by atoms with Crippen LogP contribution >= 0.6 is 0 Å². The van der Waals surface area contributed by atoms with E-state index in [2.05, 4.69) is 51.8 Å². The number of carbonyl (C=O) groups excluding carboxylic acids is 1. The molecule has 1 aromatic carbocycles. The third-order valence-electron chi connectivity index (χ3n) is 8.61. The van der Waals surface area contributed by atoms with Crippen LogP contribution in [0, 0.1) is 13.8 Å². The summed E-state index contributed by atoms with van der Waals surface area (Å²) in [7, 11) is -2.25. The summed E-state index contributed by atoms with van der Waals surface area (Å²) in [6, 6.07) is 8.62. The minimum atomic E-state index is -3.91. The molecule has 3 aliphatic heterocycles. The van der Waals surface area contributed by atoms with E-state index in [1.165, 1.54) is 5.56 Å². The van der Waals surface area contributed by atoms with Crippen LogP contribution in [0.2, 0.25) is 0 Å². The lowest BCUT2D eigenvalue weighted by molar-refractivity contribution is -0.152. The van der Waals surface area contributed by atoms with Gasteiger partial charge in [-0.05, 0) is 57.9 Å². The van der Waals surface area contributed by atoms with E-state index < -0.39 is 10.1 Å². The highest BCUT2D eigenvalue weighted by atomic mass is 32.2. The number of anilines is 1. The molecular weight excluding hydrogens is 586 g/mol. The number of hydrogen-bond acceptors (Lipinski definition) is 11. The number of benzene rings is 1. The minimum Gasteiger partial charge on any atom is -0.368 e. The van der Waals surface area contributed by atoms with Gasteiger partial charge in [0.1, 0.15) is 11.5 Å². The summed E-state index contributed by atoms with van der Waals surface area (Å²) in [5.41, 5.74) is 3.02. The molecule has 1 aromatic heterocycles. The standard InChI is InChI=1S/C31H45N5O7S/c1-20-8-10-22(11-9-20)26-7-5-6-25(42-26)19-32-29-21(2)28(34-31(35-29)43-44(4,38)39)30(37)36-15-12-23(13-16-36)33-24-14-17-41-27(18-24)40-3/h8-11,23-27,33H,5-7,12-19H2,1-4H3,(H,32,34,35)/t24-,25-,26+,27-/m1/s1. The van der Waals surface area contributed by atoms with Gasteiger partial charge in [0.25, 0.3) is 5.91 Å². The SMILES string of the molecule is CO[C@H]1C[C@H](NC2CCN(C(=O)c3nc(OS(C)(=O)=O)nc(NC[C@H]4CCC[C@@H](c5ccc(C)cc5)O4)c3C)CC2)CCO1. The lowest BCUT2D eigenvalue weighted by atomic mass is 9.97. The molecule has 0 aliphatic carbocycles. The van der Waals surface area contributed by atoms with Crippen LogP contribution in [0.3, 0.4) is 0 Å². The van der Waals surface area contributed by atoms with Gasteiger partial charge in [-0.2, -0.15) is 18.4 Å². The molecule has 4 atom stereocenters. The molecule has 44 heavy (non-hydrogen) atoms. The number of amides is 1. The number of piperidine rings is 1. The van der Waals surface area contributed by atoms with Gasteiger partial charge in [0.2, 0.25) is 0 Å². The van der Waals surface area contributed by atoms with Crippen molar-refractivity contribution in [1.29, 1.82) is 0 Å². The quantitative estimate of drug-likeness (QED) is 0.372. The van der Waals surface area contributed by atoms with Crippen LogP contribution in [-0.2, 0) is 24.3 Å². The molecule has 3 fully saturated rings. The number of ether oxygens (including phenoxy) is 3. The highest BCUT2D eigenvalue weighted by molar-refractivity contribution is 7.86. The third kappa shape index (κ3) is 8.66. The number of nitrogens with zero attached hydrogens (tertiary/aromatic N) is 3. The van der Waals surface area contributed by atoms with Gasteiger partial charge in [-0.25, -0.2) is 0 Å². The number of carbonyl (C=O) groups is 1. The second-order valence-electron chi connectivity index (χ2n) is 12.1. The Morgan fingerprint density at radius 2 is 1.80 bits per heavy atom. The number of hydrogen-bond donors (Lipinski definition) is 2. The van der Waals surface area contributed by atoms with Crippen LogP contribution in [0.15, 0.2) is 24.3 Å². The van der Waals surface area contributed by atoms with E-state index in [0.717, 1.165) is 56.8 Å². The van der Waals surface area contributed by atoms with Crippen LogP contribution in [-0.4, -0.2) is 93.3 Å². The zero-order valence-corrected chi connectivity index (χ0v) is 26.9. The molecule has 0 saturated carbocycles. The predicted molar refractivity (Wildman–Crippen MR) is 165 cm³/mol. The number of nitrogens with one attached hydrogen (secondary N) is 2. The lowest BCUT2D eigenvalue weighted by Crippen LogP contribution is -2.50. The topological polar surface area (TPSA) is 141 Å². The van der Waals surface area contributed by atoms with E-state index in [1.54, 1.807) is 18.9 Å². The summed E-state index contributed by atoms with van der Waals surface area (Å²) >= 11 is 0. The average Bonchev–Trinajstić information content (AvgIpc) is 3.01. The summed E-state index contributed by atoms with van der Waals surface area (Å²) in [4.78, 5) is 24.1. The lowest BCUT2D eigenvalue weighted by Gasteiger charge is -2.37. The van der Waals surface area contributed by atoms with Gasteiger partial charge >= 0.3 is 16.1 Å². The normalized spacial score (nSPS) is 25.0. The molecule has 3 saturated heterocycles. The van der Waals surface area contributed by atoms with E-state index in [4.69, 9.17) is 18.4 Å². The molecule has 0 unspecified atom stereocenters. The smallest absolute Gasteiger partial charge is 0.335 e. The van der Waals surface area contributed by atoms with Crippen molar-refractivity contribution in [1.82, 2.24) is 20.2 Å². The van der Waals surface area contributed by atoms with Gasteiger partial charge in [0.15, 0.2) is 6.29 Å². The number of aryl methyl sites for hydroxylation is 1. The zero-order valence-electron chi connectivity index (χ0n) is 26.1. The highest BCUT2D eigenvalue weighted by Crippen LogP contribution is 2.32. The molecule has 2 aromatic rings. The maximum Gasteiger partial charge on any atom is 0.335 e. The first-order chi connectivity index (χ1) is 21.1. The van der Waals surface area contributed by atoms with Gasteiger partial charge in [-0.15, -0.1) is 0 Å². The Kier molecular flexibility index (Phi) is 10.7. The first kappa shape index (κ1) is 32.6. The molecule has 0 radical (unpaired) electrons. The Hall–Kier alpha value is -2.84. The molecule has 0 bridgehead atoms. The van der Waals surface area contributed by atoms with Crippen molar-refractivity contribution in [3.63, 3.8) is 0 Å². The zero-order chi connectivity index (χ0) is 31.3. The van der Waals surface area contributed by atoms with Crippen LogP contribution in [0.1, 0.15) is 78.2 Å². The summed E-state index contributed by atoms with van der Waals surface area (Å²) in [5, 5.41) is 7.01. The first-order valence-corrected chi connectivity index (χ1v) is 17.3. The van der Waals surface area contributed by atoms with E-state index in [9.17, 15) is 13.2 Å². The van der Waals surface area contributed by atoms with Crippen molar-refractivity contribution < 1.29 is 31.6 Å². The molecule has 13 heteroatoms. The maximum atomic E-state index is 13.7. The van der Waals surface area contributed by atoms with Crippen molar-refractivity contribution in [3.8, 4) is 6.01 Å². The van der Waals surface area contributed by atoms with Crippen LogP contribution < -0.4 is 14.8 Å². The van der Waals surface area contributed by atoms with Gasteiger partial charge in [0.05, 0.1) is 25.1 Å². The maximum absolute atomic E-state index is 13.7. The fourth-order valence-corrected chi connectivity index (χ4v) is 6.49. The molecule has 5 rings (SSSR count). The van der Waals surface area contributed by atoms with E-state index in [1.807, 2.05) is 0 Å². The molecule has 3 aliphatic rings. The van der Waals surface area contributed by atoms with Gasteiger partial charge < -0.3 is 33.9 Å². The monoisotopic (exact) mass is 631 g/mol. The Labute approximate surface area is 260 Å². The van der Waals surface area contributed by atoms with E-state index in [-0.39, 0.29) is 42.2 Å². The fourth-order valence-electron chi connectivity index (χ4n) is 6.14. The largest absolute Gasteiger partial charge is 0.368 e. The predicted octanol–water partition coefficient (Wildman–Crippen LogP) is 3.50. The minimum absolute atomic E-state index is 0.00850. The second-order valence-corrected chi connectivity index (χ2v) is 13.7. The van der Waals surface area contributed by atoms with Gasteiger partial charge in [-0.3, -0.25) is 4.79 Å². The Balaban J connectivity index is 1.24. The molecule has 1 amide bonds. The second kappa shape index (κ2) is 14.5. The Bertz CT molecular complexity index is 1380. The van der Waals surface area contributed by atoms with Gasteiger partial charge in [0, 0.05) is 50.8 Å². The van der Waals surface area contributed by atoms with Crippen molar-refractivity contribution in [2.75, 3.05) is 44.9 Å². The van der Waals surface area contributed by atoms with Crippen LogP contribution in [0.5, 0.6) is 6.01 Å². The van der Waals surface area contributed by atoms with E-state index >= 15 is 0 Å². The summed E-state index contributed by atoms with van der Waals surface area (Å²) in [6.45, 7) is 6.04. The fraction of sp³-hybridized carbons (Fsp3) is 0.645. The Morgan fingerprint density at radius 3 is 2.50 bits per heavy atom. The summed E-state index contributed by atoms with van der Waals surface area (Å²) < 4.78 is 46.3. The number of likely N-dealkylation sites (tertiary alicyclic amines) is 1. The van der Waals surface area contributed by atoms with Crippen molar-refractivity contribution in [2.45, 2.75) is 89.4 Å². The number of methoxy groups -OCH3 is 1. The number of rotatable bonds is 10. The van der Waals surface area contributed by atoms with Crippen molar-refractivity contribution in [2.24, 2.45) is 0 Å². The van der Waals surface area contributed by atoms with Crippen molar-refractivity contribution >= 4 is 21.8 Å². The first-order valence-electron chi connectivity index (χ1n) is 15.5. The molecule has 0 spiro atoms. The number of aromatic nitrogens is 2.